The Hall–Kier alpha value is -4.25. The van der Waals surface area contributed by atoms with Crippen molar-refractivity contribution in [3.8, 4) is 5.75 Å². The maximum absolute atomic E-state index is 13.9. The van der Waals surface area contributed by atoms with Crippen LogP contribution in [-0.4, -0.2) is 84.4 Å². The Morgan fingerprint density at radius 2 is 1.78 bits per heavy atom. The van der Waals surface area contributed by atoms with Crippen LogP contribution in [0.2, 0.25) is 0 Å². The number of likely N-dealkylation sites (tertiary alicyclic amines) is 1. The molecular weight excluding hydrogens is 582 g/mol. The van der Waals surface area contributed by atoms with Gasteiger partial charge >= 0.3 is 0 Å². The number of nitrogens with zero attached hydrogens (tertiary/aromatic N) is 4. The number of Topliss-reactive ketones (excluding diaryl/α,β-unsaturated/α-hetero) is 1. The van der Waals surface area contributed by atoms with Crippen LogP contribution in [0.25, 0.3) is 10.9 Å². The number of nitrogens with one attached hydrogen (secondary N) is 3. The van der Waals surface area contributed by atoms with E-state index < -0.39 is 23.5 Å². The molecule has 248 valence electrons. The van der Waals surface area contributed by atoms with Gasteiger partial charge < -0.3 is 30.5 Å². The first-order chi connectivity index (χ1) is 21.9. The number of likely N-dealkylation sites (N-methyl/N-ethyl adjacent to an activating group) is 1. The molecule has 0 radical (unpaired) electrons. The molecule has 11 heteroatoms. The van der Waals surface area contributed by atoms with Crippen LogP contribution in [0.3, 0.4) is 0 Å². The third-order valence-electron chi connectivity index (χ3n) is 8.79. The Kier molecular flexibility index (Phi) is 11.2. The maximum atomic E-state index is 13.9. The molecule has 3 N–H and O–H groups in total. The number of benzene rings is 2. The highest BCUT2D eigenvalue weighted by atomic mass is 16.5. The topological polar surface area (TPSA) is 129 Å². The number of carbonyl (C=O) groups excluding carboxylic acids is 3. The average Bonchev–Trinajstić information content (AvgIpc) is 3.54. The predicted octanol–water partition coefficient (Wildman–Crippen LogP) is 4.47. The Labute approximate surface area is 272 Å². The fourth-order valence-corrected chi connectivity index (χ4v) is 5.92. The first kappa shape index (κ1) is 34.6. The summed E-state index contributed by atoms with van der Waals surface area (Å²) >= 11 is 0. The van der Waals surface area contributed by atoms with Crippen molar-refractivity contribution in [3.05, 3.63) is 48.3 Å². The van der Waals surface area contributed by atoms with Crippen LogP contribution in [0, 0.1) is 5.41 Å². The molecule has 2 heterocycles. The van der Waals surface area contributed by atoms with Gasteiger partial charge in [0.05, 0.1) is 24.7 Å². The molecule has 2 aromatic carbocycles. The van der Waals surface area contributed by atoms with Crippen LogP contribution in [0.15, 0.2) is 42.7 Å². The summed E-state index contributed by atoms with van der Waals surface area (Å²) in [5.74, 6) is 0.590. The Bertz CT molecular complexity index is 1530. The normalized spacial score (nSPS) is 16.2. The van der Waals surface area contributed by atoms with Crippen molar-refractivity contribution >= 4 is 45.7 Å². The lowest BCUT2D eigenvalue weighted by molar-refractivity contribution is -0.143. The first-order valence-corrected chi connectivity index (χ1v) is 16.2. The second-order valence-electron chi connectivity index (χ2n) is 12.9. The Morgan fingerprint density at radius 3 is 2.39 bits per heavy atom. The minimum Gasteiger partial charge on any atom is -0.496 e. The van der Waals surface area contributed by atoms with E-state index >= 15 is 0 Å². The zero-order valence-electron chi connectivity index (χ0n) is 28.4. The summed E-state index contributed by atoms with van der Waals surface area (Å²) in [5, 5.41) is 10.0. The Morgan fingerprint density at radius 1 is 1.09 bits per heavy atom. The van der Waals surface area contributed by atoms with Crippen LogP contribution < -0.4 is 25.6 Å². The van der Waals surface area contributed by atoms with Crippen LogP contribution in [-0.2, 0) is 20.8 Å². The van der Waals surface area contributed by atoms with Crippen LogP contribution in [0.1, 0.15) is 59.9 Å². The predicted molar refractivity (Wildman–Crippen MR) is 183 cm³/mol. The number of aromatic nitrogens is 2. The average molecular weight is 632 g/mol. The highest BCUT2D eigenvalue weighted by Crippen LogP contribution is 2.32. The zero-order chi connectivity index (χ0) is 33.6. The molecule has 1 aliphatic heterocycles. The molecule has 0 spiro atoms. The number of hydrogen-bond acceptors (Lipinski definition) is 9. The third-order valence-corrected chi connectivity index (χ3v) is 8.79. The van der Waals surface area contributed by atoms with Crippen molar-refractivity contribution in [1.29, 1.82) is 0 Å². The van der Waals surface area contributed by atoms with Gasteiger partial charge in [-0.3, -0.25) is 14.4 Å². The van der Waals surface area contributed by atoms with E-state index in [1.54, 1.807) is 26.0 Å². The van der Waals surface area contributed by atoms with Gasteiger partial charge in [0.2, 0.25) is 11.8 Å². The number of methoxy groups -OCH3 is 1. The lowest BCUT2D eigenvalue weighted by Crippen LogP contribution is -2.58. The summed E-state index contributed by atoms with van der Waals surface area (Å²) in [4.78, 5) is 53.4. The molecule has 1 aliphatic rings. The quantitative estimate of drug-likeness (QED) is 0.250. The van der Waals surface area contributed by atoms with Crippen molar-refractivity contribution in [2.75, 3.05) is 44.0 Å². The van der Waals surface area contributed by atoms with Crippen molar-refractivity contribution in [2.45, 2.75) is 78.9 Å². The largest absolute Gasteiger partial charge is 0.496 e. The number of anilines is 3. The molecule has 1 fully saturated rings. The van der Waals surface area contributed by atoms with Crippen molar-refractivity contribution < 1.29 is 19.1 Å². The van der Waals surface area contributed by atoms with Gasteiger partial charge in [0.1, 0.15) is 23.9 Å². The number of rotatable bonds is 13. The second-order valence-corrected chi connectivity index (χ2v) is 12.9. The SMILES string of the molecule is CCN(CC)c1ccc(Nc2ncnc3cc(OC)c(CC(=O)[C@@H]4CCCN4C(=O)[C@@H](NC(=O)[C@H](C)NC)C(C)(C)C)cc23)cc1. The molecule has 0 aliphatic carbocycles. The summed E-state index contributed by atoms with van der Waals surface area (Å²) < 4.78 is 5.69. The molecule has 4 rings (SSSR count). The number of fused-ring (bicyclic) bond motifs is 1. The van der Waals surface area contributed by atoms with Gasteiger partial charge in [-0.25, -0.2) is 9.97 Å². The molecule has 1 saturated heterocycles. The molecule has 0 unspecified atom stereocenters. The molecule has 0 bridgehead atoms. The van der Waals surface area contributed by atoms with Crippen molar-refractivity contribution in [1.82, 2.24) is 25.5 Å². The van der Waals surface area contributed by atoms with Crippen LogP contribution in [0.5, 0.6) is 5.75 Å². The van der Waals surface area contributed by atoms with Crippen LogP contribution >= 0.6 is 0 Å². The highest BCUT2D eigenvalue weighted by molar-refractivity contribution is 5.97. The van der Waals surface area contributed by atoms with E-state index in [-0.39, 0.29) is 24.0 Å². The summed E-state index contributed by atoms with van der Waals surface area (Å²) in [5.41, 5.74) is 2.86. The molecule has 11 nitrogen and oxygen atoms in total. The number of carbonyl (C=O) groups is 3. The van der Waals surface area contributed by atoms with E-state index in [4.69, 9.17) is 4.74 Å². The highest BCUT2D eigenvalue weighted by Gasteiger charge is 2.42. The van der Waals surface area contributed by atoms with E-state index in [0.717, 1.165) is 29.9 Å². The standard InChI is InChI=1S/C35H49N7O4/c1-9-41(10-2)25-15-13-24(14-16-25)39-32-26-18-23(30(46-8)20-27(26)37-21-38-32)19-29(43)28-12-11-17-42(28)34(45)31(35(4,5)6)40-33(44)22(3)36-7/h13-16,18,20-22,28,31,36H,9-12,17,19H2,1-8H3,(H,40,44)(H,37,38,39)/t22-,28-,31+/m0/s1. The molecule has 46 heavy (non-hydrogen) atoms. The fraction of sp³-hybridized carbons (Fsp3) is 0.514. The van der Waals surface area contributed by atoms with E-state index in [1.807, 2.05) is 45.0 Å². The van der Waals surface area contributed by atoms with Gasteiger partial charge in [0, 0.05) is 54.4 Å². The van der Waals surface area contributed by atoms with Gasteiger partial charge in [-0.1, -0.05) is 20.8 Å². The minimum atomic E-state index is -0.772. The van der Waals surface area contributed by atoms with E-state index in [2.05, 4.69) is 56.8 Å². The van der Waals surface area contributed by atoms with Gasteiger partial charge in [-0.15, -0.1) is 0 Å². The smallest absolute Gasteiger partial charge is 0.246 e. The first-order valence-electron chi connectivity index (χ1n) is 16.2. The van der Waals surface area contributed by atoms with E-state index in [9.17, 15) is 14.4 Å². The monoisotopic (exact) mass is 631 g/mol. The Balaban J connectivity index is 1.58. The lowest BCUT2D eigenvalue weighted by atomic mass is 9.85. The number of hydrogen-bond donors (Lipinski definition) is 3. The molecule has 0 saturated carbocycles. The zero-order valence-corrected chi connectivity index (χ0v) is 28.4. The van der Waals surface area contributed by atoms with Crippen LogP contribution in [0.4, 0.5) is 17.2 Å². The third kappa shape index (κ3) is 7.75. The molecular formula is C35H49N7O4. The molecule has 3 atom stereocenters. The summed E-state index contributed by atoms with van der Waals surface area (Å²) in [7, 11) is 3.27. The van der Waals surface area contributed by atoms with Gasteiger partial charge in [-0.2, -0.15) is 0 Å². The summed E-state index contributed by atoms with van der Waals surface area (Å²) in [6, 6.07) is 10.1. The molecule has 3 aromatic rings. The van der Waals surface area contributed by atoms with Gasteiger partial charge in [-0.05, 0) is 76.4 Å². The second kappa shape index (κ2) is 14.9. The fourth-order valence-electron chi connectivity index (χ4n) is 5.92. The number of amides is 2. The van der Waals surface area contributed by atoms with Crippen molar-refractivity contribution in [2.24, 2.45) is 5.41 Å². The minimum absolute atomic E-state index is 0.0732. The van der Waals surface area contributed by atoms with Crippen molar-refractivity contribution in [3.63, 3.8) is 0 Å². The number of ketones is 1. The lowest BCUT2D eigenvalue weighted by Gasteiger charge is -2.36. The molecule has 1 aromatic heterocycles. The van der Waals surface area contributed by atoms with E-state index in [1.165, 1.54) is 6.33 Å². The summed E-state index contributed by atoms with van der Waals surface area (Å²) in [6.07, 6.45) is 2.86. The van der Waals surface area contributed by atoms with E-state index in [0.29, 0.717) is 42.0 Å². The number of ether oxygens (including phenoxy) is 1. The maximum Gasteiger partial charge on any atom is 0.246 e. The van der Waals surface area contributed by atoms with Gasteiger partial charge in [0.15, 0.2) is 5.78 Å². The molecule has 2 amide bonds. The van der Waals surface area contributed by atoms with Gasteiger partial charge in [0.25, 0.3) is 0 Å². The summed E-state index contributed by atoms with van der Waals surface area (Å²) in [6.45, 7) is 14.1.